The molecule has 0 fully saturated rings. The zero-order valence-electron chi connectivity index (χ0n) is 7.92. The zero-order chi connectivity index (χ0) is 11.5. The Kier molecular flexibility index (Phi) is 3.36. The lowest BCUT2D eigenvalue weighted by Gasteiger charge is -2.07. The molecule has 2 rings (SSSR count). The van der Waals surface area contributed by atoms with Crippen LogP contribution in [0.15, 0.2) is 35.1 Å². The summed E-state index contributed by atoms with van der Waals surface area (Å²) in [5.74, 6) is -0.0681. The Labute approximate surface area is 105 Å². The van der Waals surface area contributed by atoms with E-state index in [1.807, 2.05) is 0 Å². The summed E-state index contributed by atoms with van der Waals surface area (Å²) in [7, 11) is 0. The maximum absolute atomic E-state index is 13.5. The first-order chi connectivity index (χ1) is 7.66. The molecule has 16 heavy (non-hydrogen) atoms. The van der Waals surface area contributed by atoms with Crippen molar-refractivity contribution in [3.63, 3.8) is 0 Å². The molecule has 0 aliphatic rings. The monoisotopic (exact) mass is 301 g/mol. The molecule has 0 spiro atoms. The molecule has 1 N–H and O–H groups in total. The first-order valence-electron chi connectivity index (χ1n) is 4.35. The lowest BCUT2D eigenvalue weighted by molar-refractivity contribution is 0.631. The Morgan fingerprint density at radius 3 is 2.69 bits per heavy atom. The Hall–Kier alpha value is -1.20. The van der Waals surface area contributed by atoms with Crippen LogP contribution in [0.4, 0.5) is 15.9 Å². The summed E-state index contributed by atoms with van der Waals surface area (Å²) in [6.07, 6.45) is 2.94. The van der Waals surface area contributed by atoms with Gasteiger partial charge in [0.05, 0.1) is 5.69 Å². The van der Waals surface area contributed by atoms with Gasteiger partial charge >= 0.3 is 0 Å². The zero-order valence-corrected chi connectivity index (χ0v) is 10.3. The van der Waals surface area contributed by atoms with Gasteiger partial charge in [0.1, 0.15) is 5.82 Å². The molecule has 82 valence electrons. The predicted molar refractivity (Wildman–Crippen MR) is 64.4 cm³/mol. The lowest BCUT2D eigenvalue weighted by atomic mass is 10.3. The van der Waals surface area contributed by atoms with E-state index in [9.17, 15) is 4.39 Å². The lowest BCUT2D eigenvalue weighted by Crippen LogP contribution is -1.97. The minimum Gasteiger partial charge on any atom is -0.335 e. The maximum Gasteiger partial charge on any atom is 0.171 e. The molecule has 1 aromatic carbocycles. The van der Waals surface area contributed by atoms with Crippen LogP contribution in [0.5, 0.6) is 0 Å². The van der Waals surface area contributed by atoms with Gasteiger partial charge in [-0.1, -0.05) is 27.5 Å². The molecular formula is C10H6BrClFN3. The van der Waals surface area contributed by atoms with Crippen LogP contribution < -0.4 is 5.32 Å². The van der Waals surface area contributed by atoms with Crippen LogP contribution in [0.1, 0.15) is 0 Å². The van der Waals surface area contributed by atoms with Gasteiger partial charge in [0, 0.05) is 16.9 Å². The molecule has 0 aliphatic carbocycles. The van der Waals surface area contributed by atoms with E-state index < -0.39 is 5.82 Å². The summed E-state index contributed by atoms with van der Waals surface area (Å²) in [6.45, 7) is 0. The van der Waals surface area contributed by atoms with Crippen molar-refractivity contribution in [1.82, 2.24) is 9.97 Å². The number of nitrogens with zero attached hydrogens (tertiary/aromatic N) is 2. The van der Waals surface area contributed by atoms with Gasteiger partial charge in [-0.15, -0.1) is 0 Å². The van der Waals surface area contributed by atoms with Crippen LogP contribution in [-0.2, 0) is 0 Å². The van der Waals surface area contributed by atoms with Crippen LogP contribution >= 0.6 is 27.5 Å². The molecule has 0 saturated heterocycles. The van der Waals surface area contributed by atoms with Crippen molar-refractivity contribution in [1.29, 1.82) is 0 Å². The second kappa shape index (κ2) is 4.76. The van der Waals surface area contributed by atoms with Crippen LogP contribution in [0, 0.1) is 5.82 Å². The quantitative estimate of drug-likeness (QED) is 0.917. The third kappa shape index (κ3) is 2.48. The van der Waals surface area contributed by atoms with Crippen LogP contribution in [0.25, 0.3) is 0 Å². The van der Waals surface area contributed by atoms with Gasteiger partial charge in [-0.2, -0.15) is 0 Å². The van der Waals surface area contributed by atoms with Crippen molar-refractivity contribution in [2.75, 3.05) is 5.32 Å². The SMILES string of the molecule is Fc1cc(Br)ccc1Nc1nccnc1Cl. The highest BCUT2D eigenvalue weighted by Gasteiger charge is 2.06. The smallest absolute Gasteiger partial charge is 0.171 e. The third-order valence-electron chi connectivity index (χ3n) is 1.84. The number of halogens is 3. The Bertz CT molecular complexity index is 521. The maximum atomic E-state index is 13.5. The van der Waals surface area contributed by atoms with E-state index in [0.29, 0.717) is 16.0 Å². The fraction of sp³-hybridized carbons (Fsp3) is 0. The average Bonchev–Trinajstić information content (AvgIpc) is 2.25. The molecule has 1 aromatic heterocycles. The second-order valence-corrected chi connectivity index (χ2v) is 4.22. The molecule has 0 aliphatic heterocycles. The highest BCUT2D eigenvalue weighted by atomic mass is 79.9. The van der Waals surface area contributed by atoms with Gasteiger partial charge in [0.2, 0.25) is 0 Å². The highest BCUT2D eigenvalue weighted by Crippen LogP contribution is 2.24. The first-order valence-corrected chi connectivity index (χ1v) is 5.52. The summed E-state index contributed by atoms with van der Waals surface area (Å²) in [6, 6.07) is 4.66. The molecule has 0 atom stereocenters. The van der Waals surface area contributed by atoms with E-state index in [1.54, 1.807) is 12.1 Å². The molecule has 0 saturated carbocycles. The second-order valence-electron chi connectivity index (χ2n) is 2.94. The molecule has 6 heteroatoms. The van der Waals surface area contributed by atoms with E-state index in [-0.39, 0.29) is 5.15 Å². The topological polar surface area (TPSA) is 37.8 Å². The molecular weight excluding hydrogens is 296 g/mol. The number of hydrogen-bond donors (Lipinski definition) is 1. The summed E-state index contributed by atoms with van der Waals surface area (Å²) in [5.41, 5.74) is 0.297. The predicted octanol–water partition coefficient (Wildman–Crippen LogP) is 3.78. The van der Waals surface area contributed by atoms with Crippen LogP contribution in [-0.4, -0.2) is 9.97 Å². The molecule has 2 aromatic rings. The van der Waals surface area contributed by atoms with Crippen molar-refractivity contribution < 1.29 is 4.39 Å². The van der Waals surface area contributed by atoms with Crippen molar-refractivity contribution >= 4 is 39.0 Å². The Morgan fingerprint density at radius 2 is 2.00 bits per heavy atom. The van der Waals surface area contributed by atoms with E-state index >= 15 is 0 Å². The van der Waals surface area contributed by atoms with E-state index in [4.69, 9.17) is 11.6 Å². The minimum absolute atomic E-state index is 0.199. The number of aromatic nitrogens is 2. The standard InChI is InChI=1S/C10H6BrClFN3/c11-6-1-2-8(7(13)5-6)16-10-9(12)14-3-4-15-10/h1-5H,(H,15,16). The normalized spacial score (nSPS) is 10.2. The first kappa shape index (κ1) is 11.3. The van der Waals surface area contributed by atoms with E-state index in [2.05, 4.69) is 31.2 Å². The minimum atomic E-state index is -0.393. The number of nitrogens with one attached hydrogen (secondary N) is 1. The summed E-state index contributed by atoms with van der Waals surface area (Å²) in [4.78, 5) is 7.78. The van der Waals surface area contributed by atoms with E-state index in [0.717, 1.165) is 0 Å². The van der Waals surface area contributed by atoms with Crippen molar-refractivity contribution in [2.24, 2.45) is 0 Å². The fourth-order valence-corrected chi connectivity index (χ4v) is 1.61. The largest absolute Gasteiger partial charge is 0.335 e. The number of benzene rings is 1. The number of rotatable bonds is 2. The van der Waals surface area contributed by atoms with Crippen molar-refractivity contribution in [3.8, 4) is 0 Å². The van der Waals surface area contributed by atoms with Gasteiger partial charge in [0.15, 0.2) is 11.0 Å². The molecule has 0 amide bonds. The van der Waals surface area contributed by atoms with Crippen molar-refractivity contribution in [3.05, 3.63) is 46.0 Å². The summed E-state index contributed by atoms with van der Waals surface area (Å²) < 4.78 is 14.2. The van der Waals surface area contributed by atoms with Gasteiger partial charge in [0.25, 0.3) is 0 Å². The molecule has 0 radical (unpaired) electrons. The van der Waals surface area contributed by atoms with Gasteiger partial charge in [-0.05, 0) is 18.2 Å². The fourth-order valence-electron chi connectivity index (χ4n) is 1.12. The number of hydrogen-bond acceptors (Lipinski definition) is 3. The third-order valence-corrected chi connectivity index (χ3v) is 2.61. The molecule has 3 nitrogen and oxygen atoms in total. The van der Waals surface area contributed by atoms with Gasteiger partial charge in [-0.3, -0.25) is 0 Å². The number of anilines is 2. The Morgan fingerprint density at radius 1 is 1.25 bits per heavy atom. The average molecular weight is 303 g/mol. The van der Waals surface area contributed by atoms with Crippen LogP contribution in [0.2, 0.25) is 5.15 Å². The summed E-state index contributed by atoms with van der Waals surface area (Å²) in [5, 5.41) is 2.97. The Balaban J connectivity index is 2.31. The summed E-state index contributed by atoms with van der Waals surface area (Å²) >= 11 is 8.96. The van der Waals surface area contributed by atoms with Gasteiger partial charge < -0.3 is 5.32 Å². The van der Waals surface area contributed by atoms with Gasteiger partial charge in [-0.25, -0.2) is 14.4 Å². The highest BCUT2D eigenvalue weighted by molar-refractivity contribution is 9.10. The van der Waals surface area contributed by atoms with Crippen LogP contribution in [0.3, 0.4) is 0 Å². The molecule has 0 unspecified atom stereocenters. The van der Waals surface area contributed by atoms with Crippen molar-refractivity contribution in [2.45, 2.75) is 0 Å². The van der Waals surface area contributed by atoms with E-state index in [1.165, 1.54) is 18.5 Å². The molecule has 1 heterocycles. The molecule has 0 bridgehead atoms.